The molecule has 164 valence electrons. The monoisotopic (exact) mass is 416 g/mol. The Morgan fingerprint density at radius 2 is 1.77 bits per heavy atom. The normalized spacial score (nSPS) is 28.5. The highest BCUT2D eigenvalue weighted by Crippen LogP contribution is 2.30. The van der Waals surface area contributed by atoms with E-state index in [1.54, 1.807) is 6.07 Å². The van der Waals surface area contributed by atoms with Gasteiger partial charge in [-0.1, -0.05) is 6.07 Å². The number of piperazine rings is 1. The topological polar surface area (TPSA) is 78.7 Å². The van der Waals surface area contributed by atoms with Crippen LogP contribution in [0.1, 0.15) is 56.4 Å². The third-order valence-electron chi connectivity index (χ3n) is 7.07. The number of nitrogens with zero attached hydrogens (tertiary/aromatic N) is 2. The molecule has 4 rings (SSSR count). The minimum absolute atomic E-state index is 0.252. The van der Waals surface area contributed by atoms with Crippen LogP contribution in [0.5, 0.6) is 0 Å². The van der Waals surface area contributed by atoms with E-state index in [0.29, 0.717) is 30.1 Å². The van der Waals surface area contributed by atoms with Crippen molar-refractivity contribution in [2.24, 2.45) is 11.7 Å². The molecule has 6 nitrogen and oxygen atoms in total. The summed E-state index contributed by atoms with van der Waals surface area (Å²) in [7, 11) is 0. The fraction of sp³-hybridized carbons (Fsp3) is 0.652. The van der Waals surface area contributed by atoms with Crippen LogP contribution in [0.3, 0.4) is 0 Å². The maximum atomic E-state index is 14.8. The number of nitrogens with one attached hydrogen (secondary N) is 1. The van der Waals surface area contributed by atoms with Gasteiger partial charge in [0.25, 0.3) is 0 Å². The first kappa shape index (κ1) is 21.2. The Bertz CT molecular complexity index is 770. The lowest BCUT2D eigenvalue weighted by Gasteiger charge is -2.37. The molecule has 0 spiro atoms. The molecule has 1 atom stereocenters. The standard InChI is InChI=1S/C23H33FN4O2/c24-20-15-17(19-6-8-22(29)26-23(19)30)3-7-21(20)28-13-11-27(12-14-28)10-9-16-1-4-18(25)5-2-16/h3,7,15-16,18-19H,1-2,4-6,8-14,25H2,(H,26,29,30)/t16-,18-,19?. The SMILES string of the molecule is N[C@H]1CC[C@H](CCN2CCN(c3ccc(C4CCC(=O)NC4=O)cc3F)CC2)CC1. The predicted octanol–water partition coefficient (Wildman–Crippen LogP) is 2.38. The van der Waals surface area contributed by atoms with Gasteiger partial charge in [0.1, 0.15) is 5.82 Å². The summed E-state index contributed by atoms with van der Waals surface area (Å²) in [6, 6.07) is 5.49. The van der Waals surface area contributed by atoms with E-state index in [-0.39, 0.29) is 17.6 Å². The van der Waals surface area contributed by atoms with Gasteiger partial charge in [-0.05, 0) is 68.7 Å². The second-order valence-corrected chi connectivity index (χ2v) is 9.11. The Labute approximate surface area is 178 Å². The van der Waals surface area contributed by atoms with Crippen molar-refractivity contribution >= 4 is 17.5 Å². The lowest BCUT2D eigenvalue weighted by Crippen LogP contribution is -2.47. The lowest BCUT2D eigenvalue weighted by atomic mass is 9.84. The minimum atomic E-state index is -0.447. The number of halogens is 1. The van der Waals surface area contributed by atoms with Crippen LogP contribution in [0.4, 0.5) is 10.1 Å². The molecule has 1 unspecified atom stereocenters. The number of carbonyl (C=O) groups excluding carboxylic acids is 2. The van der Waals surface area contributed by atoms with Gasteiger partial charge in [0.15, 0.2) is 0 Å². The quantitative estimate of drug-likeness (QED) is 0.721. The van der Waals surface area contributed by atoms with Crippen molar-refractivity contribution in [2.75, 3.05) is 37.6 Å². The molecule has 3 aliphatic rings. The molecule has 30 heavy (non-hydrogen) atoms. The molecule has 1 saturated carbocycles. The van der Waals surface area contributed by atoms with Crippen LogP contribution in [0.25, 0.3) is 0 Å². The van der Waals surface area contributed by atoms with E-state index < -0.39 is 5.92 Å². The van der Waals surface area contributed by atoms with Crippen molar-refractivity contribution in [2.45, 2.75) is 56.9 Å². The van der Waals surface area contributed by atoms with Gasteiger partial charge in [-0.15, -0.1) is 0 Å². The van der Waals surface area contributed by atoms with Crippen LogP contribution >= 0.6 is 0 Å². The summed E-state index contributed by atoms with van der Waals surface area (Å²) in [5.41, 5.74) is 7.25. The summed E-state index contributed by atoms with van der Waals surface area (Å²) in [6.07, 6.45) is 6.81. The van der Waals surface area contributed by atoms with Crippen LogP contribution in [0.2, 0.25) is 0 Å². The molecule has 2 saturated heterocycles. The number of nitrogens with two attached hydrogens (primary N) is 1. The number of amides is 2. The Morgan fingerprint density at radius 3 is 2.43 bits per heavy atom. The number of benzene rings is 1. The molecule has 7 heteroatoms. The first-order chi connectivity index (χ1) is 14.5. The van der Waals surface area contributed by atoms with Gasteiger partial charge in [0, 0.05) is 38.6 Å². The van der Waals surface area contributed by atoms with Gasteiger partial charge < -0.3 is 10.6 Å². The van der Waals surface area contributed by atoms with E-state index in [2.05, 4.69) is 15.1 Å². The van der Waals surface area contributed by atoms with Crippen molar-refractivity contribution < 1.29 is 14.0 Å². The van der Waals surface area contributed by atoms with Crippen molar-refractivity contribution in [1.82, 2.24) is 10.2 Å². The van der Waals surface area contributed by atoms with Gasteiger partial charge in [-0.3, -0.25) is 19.8 Å². The fourth-order valence-corrected chi connectivity index (χ4v) is 5.06. The number of carbonyl (C=O) groups is 2. The average Bonchev–Trinajstić information content (AvgIpc) is 2.74. The van der Waals surface area contributed by atoms with E-state index in [1.807, 2.05) is 6.07 Å². The van der Waals surface area contributed by atoms with E-state index in [9.17, 15) is 14.0 Å². The molecule has 0 radical (unpaired) electrons. The molecule has 1 aromatic carbocycles. The summed E-state index contributed by atoms with van der Waals surface area (Å²) in [5, 5.41) is 2.35. The Hall–Kier alpha value is -1.99. The summed E-state index contributed by atoms with van der Waals surface area (Å²) in [4.78, 5) is 28.0. The number of anilines is 1. The smallest absolute Gasteiger partial charge is 0.234 e. The highest BCUT2D eigenvalue weighted by Gasteiger charge is 2.29. The van der Waals surface area contributed by atoms with E-state index in [1.165, 1.54) is 25.3 Å². The first-order valence-electron chi connectivity index (χ1n) is 11.4. The third-order valence-corrected chi connectivity index (χ3v) is 7.07. The molecule has 2 amide bonds. The Kier molecular flexibility index (Phi) is 6.68. The van der Waals surface area contributed by atoms with Gasteiger partial charge >= 0.3 is 0 Å². The first-order valence-corrected chi connectivity index (χ1v) is 11.4. The zero-order valence-electron chi connectivity index (χ0n) is 17.6. The number of hydrogen-bond donors (Lipinski definition) is 2. The highest BCUT2D eigenvalue weighted by atomic mass is 19.1. The zero-order chi connectivity index (χ0) is 21.1. The molecule has 2 aliphatic heterocycles. The predicted molar refractivity (Wildman–Crippen MR) is 115 cm³/mol. The third kappa shape index (κ3) is 5.01. The van der Waals surface area contributed by atoms with Crippen molar-refractivity contribution in [1.29, 1.82) is 0 Å². The Morgan fingerprint density at radius 1 is 1.03 bits per heavy atom. The second-order valence-electron chi connectivity index (χ2n) is 9.11. The number of rotatable bonds is 5. The molecular formula is C23H33FN4O2. The number of imide groups is 1. The van der Waals surface area contributed by atoms with Crippen molar-refractivity contribution in [3.05, 3.63) is 29.6 Å². The molecule has 1 aliphatic carbocycles. The zero-order valence-corrected chi connectivity index (χ0v) is 17.6. The van der Waals surface area contributed by atoms with Crippen molar-refractivity contribution in [3.63, 3.8) is 0 Å². The molecule has 1 aromatic rings. The second kappa shape index (κ2) is 9.43. The van der Waals surface area contributed by atoms with Gasteiger partial charge in [-0.25, -0.2) is 4.39 Å². The largest absolute Gasteiger partial charge is 0.367 e. The summed E-state index contributed by atoms with van der Waals surface area (Å²) >= 11 is 0. The highest BCUT2D eigenvalue weighted by molar-refractivity contribution is 6.00. The lowest BCUT2D eigenvalue weighted by molar-refractivity contribution is -0.134. The van der Waals surface area contributed by atoms with Gasteiger partial charge in [0.2, 0.25) is 11.8 Å². The summed E-state index contributed by atoms with van der Waals surface area (Å²) in [5.74, 6) is -0.507. The minimum Gasteiger partial charge on any atom is -0.367 e. The van der Waals surface area contributed by atoms with Crippen LogP contribution in [0.15, 0.2) is 18.2 Å². The molecule has 0 aromatic heterocycles. The maximum absolute atomic E-state index is 14.8. The van der Waals surface area contributed by atoms with E-state index >= 15 is 0 Å². The summed E-state index contributed by atoms with van der Waals surface area (Å²) < 4.78 is 14.8. The molecule has 2 heterocycles. The van der Waals surface area contributed by atoms with Crippen molar-refractivity contribution in [3.8, 4) is 0 Å². The van der Waals surface area contributed by atoms with E-state index in [0.717, 1.165) is 51.5 Å². The van der Waals surface area contributed by atoms with Crippen LogP contribution in [-0.4, -0.2) is 55.5 Å². The van der Waals surface area contributed by atoms with Gasteiger partial charge in [-0.2, -0.15) is 0 Å². The summed E-state index contributed by atoms with van der Waals surface area (Å²) in [6.45, 7) is 4.63. The van der Waals surface area contributed by atoms with Crippen LogP contribution in [0, 0.1) is 11.7 Å². The Balaban J connectivity index is 1.28. The van der Waals surface area contributed by atoms with Crippen LogP contribution in [-0.2, 0) is 9.59 Å². The molecular weight excluding hydrogens is 383 g/mol. The number of piperidine rings is 1. The van der Waals surface area contributed by atoms with E-state index in [4.69, 9.17) is 5.73 Å². The molecule has 3 fully saturated rings. The number of hydrogen-bond acceptors (Lipinski definition) is 5. The average molecular weight is 417 g/mol. The fourth-order valence-electron chi connectivity index (χ4n) is 5.06. The molecule has 0 bridgehead atoms. The van der Waals surface area contributed by atoms with Gasteiger partial charge in [0.05, 0.1) is 11.6 Å². The van der Waals surface area contributed by atoms with Crippen LogP contribution < -0.4 is 16.0 Å². The molecule has 3 N–H and O–H groups in total. The maximum Gasteiger partial charge on any atom is 0.234 e.